The average molecular weight is 502 g/mol. The van der Waals surface area contributed by atoms with Crippen LogP contribution in [-0.2, 0) is 4.79 Å². The molecule has 0 saturated heterocycles. The number of hydrogen-bond acceptors (Lipinski definition) is 11. The van der Waals surface area contributed by atoms with E-state index in [1.54, 1.807) is 45.6 Å². The van der Waals surface area contributed by atoms with Crippen molar-refractivity contribution in [3.05, 3.63) is 42.0 Å². The van der Waals surface area contributed by atoms with Crippen LogP contribution in [0.25, 0.3) is 0 Å². The number of hydrazone groups is 1. The number of nitrogens with zero attached hydrogens (tertiary/aromatic N) is 4. The van der Waals surface area contributed by atoms with Gasteiger partial charge in [-0.1, -0.05) is 11.8 Å². The van der Waals surface area contributed by atoms with Gasteiger partial charge in [-0.05, 0) is 37.3 Å². The number of thioether (sulfide) groups is 1. The van der Waals surface area contributed by atoms with Crippen molar-refractivity contribution >= 4 is 35.0 Å². The molecule has 1 aromatic heterocycles. The zero-order chi connectivity index (χ0) is 25.4. The van der Waals surface area contributed by atoms with Crippen molar-refractivity contribution in [1.29, 1.82) is 0 Å². The first-order valence-corrected chi connectivity index (χ1v) is 11.3. The molecule has 1 amide bonds. The maximum absolute atomic E-state index is 12.5. The van der Waals surface area contributed by atoms with Gasteiger partial charge in [-0.15, -0.1) is 10.2 Å². The molecule has 1 heterocycles. The first-order chi connectivity index (χ1) is 16.9. The van der Waals surface area contributed by atoms with Crippen LogP contribution in [0.5, 0.6) is 23.0 Å². The maximum atomic E-state index is 12.5. The van der Waals surface area contributed by atoms with Gasteiger partial charge in [0.05, 0.1) is 45.6 Å². The van der Waals surface area contributed by atoms with Gasteiger partial charge in [0.25, 0.3) is 5.95 Å². The fraction of sp³-hybridized carbons (Fsp3) is 0.273. The van der Waals surface area contributed by atoms with Gasteiger partial charge < -0.3 is 30.1 Å². The van der Waals surface area contributed by atoms with Gasteiger partial charge in [0.2, 0.25) is 11.1 Å². The van der Waals surface area contributed by atoms with E-state index in [4.69, 9.17) is 24.8 Å². The molecule has 0 fully saturated rings. The SMILES string of the molecule is COc1ccc(OC)c(NC(=O)CSc2nnc(N/N=C(\C)c3ccc(OC)c(OC)c3)n2N)c1. The Morgan fingerprint density at radius 1 is 1.00 bits per heavy atom. The van der Waals surface area contributed by atoms with E-state index < -0.39 is 0 Å². The zero-order valence-electron chi connectivity index (χ0n) is 20.0. The van der Waals surface area contributed by atoms with Crippen LogP contribution in [0, 0.1) is 0 Å². The number of methoxy groups -OCH3 is 4. The lowest BCUT2D eigenvalue weighted by Gasteiger charge is -2.11. The van der Waals surface area contributed by atoms with Crippen LogP contribution < -0.4 is 35.5 Å². The molecule has 3 aromatic rings. The van der Waals surface area contributed by atoms with E-state index in [0.717, 1.165) is 17.3 Å². The molecule has 0 bridgehead atoms. The summed E-state index contributed by atoms with van der Waals surface area (Å²) in [6.45, 7) is 1.82. The summed E-state index contributed by atoms with van der Waals surface area (Å²) < 4.78 is 22.3. The summed E-state index contributed by atoms with van der Waals surface area (Å²) in [5.41, 5.74) is 4.76. The molecule has 0 aliphatic heterocycles. The van der Waals surface area contributed by atoms with Crippen LogP contribution in [0.3, 0.4) is 0 Å². The predicted molar refractivity (Wildman–Crippen MR) is 134 cm³/mol. The zero-order valence-corrected chi connectivity index (χ0v) is 20.8. The van der Waals surface area contributed by atoms with Crippen molar-refractivity contribution in [2.75, 3.05) is 50.8 Å². The number of ether oxygens (including phenoxy) is 4. The highest BCUT2D eigenvalue weighted by Crippen LogP contribution is 2.30. The molecule has 12 nitrogen and oxygen atoms in total. The fourth-order valence-electron chi connectivity index (χ4n) is 2.94. The lowest BCUT2D eigenvalue weighted by atomic mass is 10.1. The number of nitrogens with two attached hydrogens (primary N) is 1. The Morgan fingerprint density at radius 3 is 2.40 bits per heavy atom. The van der Waals surface area contributed by atoms with Crippen molar-refractivity contribution in [1.82, 2.24) is 14.9 Å². The third kappa shape index (κ3) is 6.26. The molecular formula is C22H27N7O5S. The van der Waals surface area contributed by atoms with E-state index in [1.807, 2.05) is 19.1 Å². The summed E-state index contributed by atoms with van der Waals surface area (Å²) in [7, 11) is 6.20. The number of nitrogen functional groups attached to an aromatic ring is 1. The van der Waals surface area contributed by atoms with E-state index in [9.17, 15) is 4.79 Å². The van der Waals surface area contributed by atoms with Crippen molar-refractivity contribution in [2.45, 2.75) is 12.1 Å². The second kappa shape index (κ2) is 11.8. The Labute approximate surface area is 206 Å². The predicted octanol–water partition coefficient (Wildman–Crippen LogP) is 2.59. The maximum Gasteiger partial charge on any atom is 0.264 e. The second-order valence-electron chi connectivity index (χ2n) is 6.96. The number of nitrogens with one attached hydrogen (secondary N) is 2. The molecule has 0 unspecified atom stereocenters. The van der Waals surface area contributed by atoms with E-state index >= 15 is 0 Å². The number of benzene rings is 2. The number of aromatic nitrogens is 3. The highest BCUT2D eigenvalue weighted by Gasteiger charge is 2.14. The Morgan fingerprint density at radius 2 is 1.71 bits per heavy atom. The van der Waals surface area contributed by atoms with Crippen molar-refractivity contribution < 1.29 is 23.7 Å². The van der Waals surface area contributed by atoms with Crippen LogP contribution in [0.1, 0.15) is 12.5 Å². The molecule has 0 spiro atoms. The minimum Gasteiger partial charge on any atom is -0.497 e. The van der Waals surface area contributed by atoms with E-state index in [2.05, 4.69) is 26.0 Å². The molecule has 35 heavy (non-hydrogen) atoms. The summed E-state index contributed by atoms with van der Waals surface area (Å²) >= 11 is 1.12. The monoisotopic (exact) mass is 501 g/mol. The highest BCUT2D eigenvalue weighted by atomic mass is 32.2. The van der Waals surface area contributed by atoms with Crippen molar-refractivity contribution in [2.24, 2.45) is 5.10 Å². The van der Waals surface area contributed by atoms with Gasteiger partial charge in [-0.3, -0.25) is 4.79 Å². The summed E-state index contributed by atoms with van der Waals surface area (Å²) in [5.74, 6) is 8.36. The summed E-state index contributed by atoms with van der Waals surface area (Å²) in [6, 6.07) is 10.6. The minimum atomic E-state index is -0.276. The summed E-state index contributed by atoms with van der Waals surface area (Å²) in [6.07, 6.45) is 0. The molecule has 0 atom stereocenters. The quantitative estimate of drug-likeness (QED) is 0.155. The molecule has 0 radical (unpaired) electrons. The average Bonchev–Trinajstić information content (AvgIpc) is 3.24. The van der Waals surface area contributed by atoms with Gasteiger partial charge in [0, 0.05) is 11.6 Å². The number of anilines is 2. The molecule has 2 aromatic carbocycles. The molecule has 0 aliphatic carbocycles. The molecule has 4 N–H and O–H groups in total. The van der Waals surface area contributed by atoms with Gasteiger partial charge in [-0.25, -0.2) is 10.1 Å². The molecule has 3 rings (SSSR count). The largest absolute Gasteiger partial charge is 0.497 e. The lowest BCUT2D eigenvalue weighted by molar-refractivity contribution is -0.113. The van der Waals surface area contributed by atoms with Gasteiger partial charge in [-0.2, -0.15) is 5.10 Å². The molecule has 13 heteroatoms. The fourth-order valence-corrected chi connectivity index (χ4v) is 3.60. The van der Waals surface area contributed by atoms with E-state index in [1.165, 1.54) is 11.8 Å². The third-order valence-corrected chi connectivity index (χ3v) is 5.75. The Bertz CT molecular complexity index is 1210. The summed E-state index contributed by atoms with van der Waals surface area (Å²) in [4.78, 5) is 12.5. The standard InChI is InChI=1S/C22H27N7O5S/c1-13(14-6-8-18(33-4)19(10-14)34-5)25-26-21-27-28-22(29(21)23)35-12-20(30)24-16-11-15(31-2)7-9-17(16)32-3/h6-11H,12,23H2,1-5H3,(H,24,30)(H,26,27)/b25-13+. The second-order valence-corrected chi connectivity index (χ2v) is 7.90. The number of hydrogen-bond donors (Lipinski definition) is 3. The number of carbonyl (C=O) groups excluding carboxylic acids is 1. The van der Waals surface area contributed by atoms with Gasteiger partial charge >= 0.3 is 0 Å². The number of rotatable bonds is 11. The summed E-state index contributed by atoms with van der Waals surface area (Å²) in [5, 5.41) is 15.4. The smallest absolute Gasteiger partial charge is 0.264 e. The lowest BCUT2D eigenvalue weighted by Crippen LogP contribution is -2.17. The van der Waals surface area contributed by atoms with E-state index in [0.29, 0.717) is 39.6 Å². The molecular weight excluding hydrogens is 474 g/mol. The Balaban J connectivity index is 1.62. The van der Waals surface area contributed by atoms with Crippen LogP contribution in [0.4, 0.5) is 11.6 Å². The minimum absolute atomic E-state index is 0.0453. The Hall–Kier alpha value is -4.13. The first-order valence-electron chi connectivity index (χ1n) is 10.3. The van der Waals surface area contributed by atoms with Gasteiger partial charge in [0.15, 0.2) is 11.5 Å². The topological polar surface area (TPSA) is 147 Å². The Kier molecular flexibility index (Phi) is 8.62. The number of carbonyl (C=O) groups is 1. The van der Waals surface area contributed by atoms with Gasteiger partial charge in [0.1, 0.15) is 11.5 Å². The molecule has 186 valence electrons. The van der Waals surface area contributed by atoms with Crippen LogP contribution in [0.15, 0.2) is 46.7 Å². The van der Waals surface area contributed by atoms with Crippen LogP contribution in [0.2, 0.25) is 0 Å². The number of amides is 1. The van der Waals surface area contributed by atoms with Crippen molar-refractivity contribution in [3.63, 3.8) is 0 Å². The normalized spacial score (nSPS) is 11.1. The van der Waals surface area contributed by atoms with Crippen LogP contribution >= 0.6 is 11.8 Å². The highest BCUT2D eigenvalue weighted by molar-refractivity contribution is 7.99. The third-order valence-electron chi connectivity index (χ3n) is 4.80. The molecule has 0 aliphatic rings. The van der Waals surface area contributed by atoms with E-state index in [-0.39, 0.29) is 17.6 Å². The first kappa shape index (κ1) is 25.5. The van der Waals surface area contributed by atoms with Crippen molar-refractivity contribution in [3.8, 4) is 23.0 Å². The van der Waals surface area contributed by atoms with Crippen LogP contribution in [-0.4, -0.2) is 60.7 Å². The molecule has 0 saturated carbocycles.